The van der Waals surface area contributed by atoms with Crippen LogP contribution in [0, 0.1) is 17.0 Å². The Kier molecular flexibility index (Phi) is 4.41. The summed E-state index contributed by atoms with van der Waals surface area (Å²) < 4.78 is 1.57. The molecule has 0 spiro atoms. The van der Waals surface area contributed by atoms with Gasteiger partial charge in [0.2, 0.25) is 0 Å². The predicted molar refractivity (Wildman–Crippen MR) is 74.7 cm³/mol. The maximum atomic E-state index is 10.8. The van der Waals surface area contributed by atoms with Crippen LogP contribution in [0.5, 0.6) is 0 Å². The number of benzene rings is 1. The Morgan fingerprint density at radius 1 is 1.45 bits per heavy atom. The van der Waals surface area contributed by atoms with Crippen LogP contribution in [0.15, 0.2) is 24.4 Å². The van der Waals surface area contributed by atoms with E-state index in [-0.39, 0.29) is 5.69 Å². The Bertz CT molecular complexity index is 609. The number of nitro benzene ring substituents is 1. The Morgan fingerprint density at radius 3 is 2.95 bits per heavy atom. The van der Waals surface area contributed by atoms with E-state index in [1.165, 1.54) is 12.1 Å². The lowest BCUT2D eigenvalue weighted by Crippen LogP contribution is -2.13. The second-order valence-corrected chi connectivity index (χ2v) is 4.56. The van der Waals surface area contributed by atoms with Gasteiger partial charge in [0, 0.05) is 18.7 Å². The van der Waals surface area contributed by atoms with Gasteiger partial charge in [-0.05, 0) is 25.5 Å². The molecule has 0 saturated heterocycles. The molecule has 0 amide bonds. The molecule has 1 N–H and O–H groups in total. The largest absolute Gasteiger partial charge is 0.311 e. The Labute approximate surface area is 116 Å². The minimum absolute atomic E-state index is 0.0479. The fraction of sp³-hybridized carbons (Fsp3) is 0.385. The molecule has 7 heteroatoms. The maximum Gasteiger partial charge on any atom is 0.271 e. The van der Waals surface area contributed by atoms with Gasteiger partial charge in [-0.2, -0.15) is 0 Å². The highest BCUT2D eigenvalue weighted by molar-refractivity contribution is 5.48. The van der Waals surface area contributed by atoms with Crippen LogP contribution >= 0.6 is 0 Å². The first-order valence-electron chi connectivity index (χ1n) is 6.49. The zero-order valence-corrected chi connectivity index (χ0v) is 11.5. The number of hydrogen-bond acceptors (Lipinski definition) is 5. The molecule has 7 nitrogen and oxygen atoms in total. The minimum atomic E-state index is -0.413. The van der Waals surface area contributed by atoms with E-state index in [0.717, 1.165) is 24.2 Å². The van der Waals surface area contributed by atoms with Gasteiger partial charge in [0.05, 0.1) is 22.5 Å². The van der Waals surface area contributed by atoms with Crippen LogP contribution in [0.25, 0.3) is 5.69 Å². The quantitative estimate of drug-likeness (QED) is 0.495. The van der Waals surface area contributed by atoms with Crippen LogP contribution in [-0.2, 0) is 6.54 Å². The van der Waals surface area contributed by atoms with E-state index >= 15 is 0 Å². The Balaban J connectivity index is 2.23. The maximum absolute atomic E-state index is 10.8. The highest BCUT2D eigenvalue weighted by atomic mass is 16.6. The van der Waals surface area contributed by atoms with Crippen molar-refractivity contribution in [2.75, 3.05) is 6.54 Å². The van der Waals surface area contributed by atoms with Gasteiger partial charge >= 0.3 is 0 Å². The van der Waals surface area contributed by atoms with E-state index in [0.29, 0.717) is 12.2 Å². The lowest BCUT2D eigenvalue weighted by molar-refractivity contribution is -0.384. The molecule has 0 aliphatic rings. The zero-order valence-electron chi connectivity index (χ0n) is 11.5. The molecule has 0 saturated carbocycles. The standard InChI is InChI=1S/C13H17N5O2/c1-3-6-14-8-11-9-17(16-15-11)13-7-12(18(19)20)5-4-10(13)2/h4-5,7,9,14H,3,6,8H2,1-2H3. The van der Waals surface area contributed by atoms with Crippen molar-refractivity contribution < 1.29 is 4.92 Å². The molecule has 0 bridgehead atoms. The highest BCUT2D eigenvalue weighted by Crippen LogP contribution is 2.20. The van der Waals surface area contributed by atoms with E-state index < -0.39 is 4.92 Å². The van der Waals surface area contributed by atoms with Crippen molar-refractivity contribution >= 4 is 5.69 Å². The fourth-order valence-corrected chi connectivity index (χ4v) is 1.85. The van der Waals surface area contributed by atoms with Crippen LogP contribution < -0.4 is 5.32 Å². The summed E-state index contributed by atoms with van der Waals surface area (Å²) in [7, 11) is 0. The second-order valence-electron chi connectivity index (χ2n) is 4.56. The number of nitrogens with one attached hydrogen (secondary N) is 1. The third kappa shape index (κ3) is 3.18. The summed E-state index contributed by atoms with van der Waals surface area (Å²) in [5, 5.41) is 22.2. The van der Waals surface area contributed by atoms with Crippen molar-refractivity contribution in [2.24, 2.45) is 0 Å². The van der Waals surface area contributed by atoms with Crippen LogP contribution in [-0.4, -0.2) is 26.5 Å². The van der Waals surface area contributed by atoms with Gasteiger partial charge in [-0.3, -0.25) is 10.1 Å². The van der Waals surface area contributed by atoms with Gasteiger partial charge in [0.1, 0.15) is 0 Å². The predicted octanol–water partition coefficient (Wildman–Crippen LogP) is 1.98. The lowest BCUT2D eigenvalue weighted by atomic mass is 10.2. The van der Waals surface area contributed by atoms with Crippen molar-refractivity contribution in [1.29, 1.82) is 0 Å². The number of nitro groups is 1. The van der Waals surface area contributed by atoms with E-state index in [2.05, 4.69) is 22.6 Å². The van der Waals surface area contributed by atoms with E-state index in [4.69, 9.17) is 0 Å². The average Bonchev–Trinajstić information content (AvgIpc) is 2.88. The molecule has 0 atom stereocenters. The fourth-order valence-electron chi connectivity index (χ4n) is 1.85. The molecule has 0 aliphatic heterocycles. The summed E-state index contributed by atoms with van der Waals surface area (Å²) >= 11 is 0. The second kappa shape index (κ2) is 6.25. The number of nitrogens with zero attached hydrogens (tertiary/aromatic N) is 4. The molecule has 106 valence electrons. The summed E-state index contributed by atoms with van der Waals surface area (Å²) in [6.07, 6.45) is 2.84. The van der Waals surface area contributed by atoms with Crippen molar-refractivity contribution in [2.45, 2.75) is 26.8 Å². The van der Waals surface area contributed by atoms with Gasteiger partial charge in [0.15, 0.2) is 0 Å². The Morgan fingerprint density at radius 2 is 2.25 bits per heavy atom. The summed E-state index contributed by atoms with van der Waals surface area (Å²) in [4.78, 5) is 10.4. The third-order valence-corrected chi connectivity index (χ3v) is 2.92. The van der Waals surface area contributed by atoms with Gasteiger partial charge in [0.25, 0.3) is 5.69 Å². The topological polar surface area (TPSA) is 85.9 Å². The zero-order chi connectivity index (χ0) is 14.5. The molecule has 20 heavy (non-hydrogen) atoms. The molecule has 2 aromatic rings. The number of rotatable bonds is 6. The van der Waals surface area contributed by atoms with E-state index in [1.54, 1.807) is 16.9 Å². The van der Waals surface area contributed by atoms with Crippen LogP contribution in [0.1, 0.15) is 24.6 Å². The normalized spacial score (nSPS) is 10.7. The van der Waals surface area contributed by atoms with Gasteiger partial charge in [-0.25, -0.2) is 4.68 Å². The summed E-state index contributed by atoms with van der Waals surface area (Å²) in [5.41, 5.74) is 2.44. The Hall–Kier alpha value is -2.28. The van der Waals surface area contributed by atoms with E-state index in [9.17, 15) is 10.1 Å². The molecule has 0 fully saturated rings. The highest BCUT2D eigenvalue weighted by Gasteiger charge is 2.11. The summed E-state index contributed by atoms with van der Waals surface area (Å²) in [6, 6.07) is 4.71. The number of hydrogen-bond donors (Lipinski definition) is 1. The third-order valence-electron chi connectivity index (χ3n) is 2.92. The molecule has 1 aromatic carbocycles. The van der Waals surface area contributed by atoms with Crippen molar-refractivity contribution in [3.05, 3.63) is 45.8 Å². The van der Waals surface area contributed by atoms with Crippen LogP contribution in [0.2, 0.25) is 0 Å². The average molecular weight is 275 g/mol. The number of aromatic nitrogens is 3. The van der Waals surface area contributed by atoms with Crippen molar-refractivity contribution in [1.82, 2.24) is 20.3 Å². The minimum Gasteiger partial charge on any atom is -0.311 e. The molecular weight excluding hydrogens is 258 g/mol. The first-order chi connectivity index (χ1) is 9.61. The SMILES string of the molecule is CCCNCc1cn(-c2cc([N+](=O)[O-])ccc2C)nn1. The molecule has 1 aromatic heterocycles. The lowest BCUT2D eigenvalue weighted by Gasteiger charge is -2.04. The smallest absolute Gasteiger partial charge is 0.271 e. The first kappa shape index (κ1) is 14.1. The van der Waals surface area contributed by atoms with Crippen molar-refractivity contribution in [3.8, 4) is 5.69 Å². The van der Waals surface area contributed by atoms with Gasteiger partial charge in [-0.1, -0.05) is 18.2 Å². The van der Waals surface area contributed by atoms with Gasteiger partial charge < -0.3 is 5.32 Å². The van der Waals surface area contributed by atoms with Crippen LogP contribution in [0.3, 0.4) is 0 Å². The summed E-state index contributed by atoms with van der Waals surface area (Å²) in [6.45, 7) is 5.54. The van der Waals surface area contributed by atoms with Gasteiger partial charge in [-0.15, -0.1) is 5.10 Å². The molecule has 1 heterocycles. The molecule has 0 radical (unpaired) electrons. The van der Waals surface area contributed by atoms with E-state index in [1.807, 2.05) is 6.92 Å². The first-order valence-corrected chi connectivity index (χ1v) is 6.49. The molecular formula is C13H17N5O2. The number of aryl methyl sites for hydroxylation is 1. The molecule has 0 unspecified atom stereocenters. The number of non-ortho nitro benzene ring substituents is 1. The monoisotopic (exact) mass is 275 g/mol. The van der Waals surface area contributed by atoms with Crippen LogP contribution in [0.4, 0.5) is 5.69 Å². The molecule has 0 aliphatic carbocycles. The summed E-state index contributed by atoms with van der Waals surface area (Å²) in [5.74, 6) is 0. The molecule has 2 rings (SSSR count). The van der Waals surface area contributed by atoms with Crippen molar-refractivity contribution in [3.63, 3.8) is 0 Å².